The van der Waals surface area contributed by atoms with Crippen molar-refractivity contribution in [3.63, 3.8) is 0 Å². The Kier molecular flexibility index (Phi) is 15.9. The van der Waals surface area contributed by atoms with E-state index in [4.69, 9.17) is 19.5 Å². The number of carbonyl (C=O) groups excluding carboxylic acids is 3. The third kappa shape index (κ3) is 11.0. The van der Waals surface area contributed by atoms with Crippen LogP contribution in [0.2, 0.25) is 0 Å². The van der Waals surface area contributed by atoms with Crippen LogP contribution in [0, 0.1) is 36.5 Å². The maximum atomic E-state index is 13.1. The van der Waals surface area contributed by atoms with E-state index in [9.17, 15) is 19.6 Å². The number of aryl methyl sites for hydroxylation is 2. The van der Waals surface area contributed by atoms with Crippen LogP contribution in [0.4, 0.5) is 27.8 Å². The SMILES string of the molecule is COC(=O)c1nc2c(c(N3CCN(C(=O)OCc4ccccc4)[C@@H](CC#N)C3)n1)CCN(c1cccc3cccc(C)c13)C2.COC(=O)c1nc2c(c(N3CCN[C@@H](CC#N)C3)n1)CCN(c1cccc3cccc(C)c13)C2. The number of nitriles is 2. The molecule has 2 saturated heterocycles. The van der Waals surface area contributed by atoms with Crippen LogP contribution in [0.15, 0.2) is 103 Å². The number of nitrogens with zero attached hydrogens (tertiary/aromatic N) is 11. The summed E-state index contributed by atoms with van der Waals surface area (Å²) in [6.45, 7) is 10.5. The summed E-state index contributed by atoms with van der Waals surface area (Å²) < 4.78 is 15.6. The second-order valence-electron chi connectivity index (χ2n) is 20.0. The lowest BCUT2D eigenvalue weighted by Gasteiger charge is -2.42. The van der Waals surface area contributed by atoms with Gasteiger partial charge in [0.25, 0.3) is 0 Å². The second-order valence-corrected chi connectivity index (χ2v) is 20.0. The number of hydrogen-bond donors (Lipinski definition) is 1. The number of fused-ring (bicyclic) bond motifs is 4. The van der Waals surface area contributed by atoms with E-state index in [2.05, 4.69) is 144 Å². The molecule has 78 heavy (non-hydrogen) atoms. The Morgan fingerprint density at radius 3 is 1.65 bits per heavy atom. The number of aromatic nitrogens is 4. The highest BCUT2D eigenvalue weighted by molar-refractivity contribution is 5.98. The van der Waals surface area contributed by atoms with Crippen LogP contribution in [0.5, 0.6) is 0 Å². The van der Waals surface area contributed by atoms with Gasteiger partial charge in [-0.1, -0.05) is 91.0 Å². The number of nitrogens with one attached hydrogen (secondary N) is 1. The van der Waals surface area contributed by atoms with Crippen LogP contribution in [0.3, 0.4) is 0 Å². The largest absolute Gasteiger partial charge is 0.463 e. The van der Waals surface area contributed by atoms with E-state index in [0.29, 0.717) is 57.9 Å². The molecule has 7 aromatic rings. The Morgan fingerprint density at radius 2 is 1.13 bits per heavy atom. The average molecular weight is 1050 g/mol. The topological polar surface area (TPSA) is 206 Å². The molecule has 0 bridgehead atoms. The number of benzene rings is 5. The quantitative estimate of drug-likeness (QED) is 0.102. The fraction of sp³-hybridized carbons (Fsp3) is 0.350. The first-order valence-corrected chi connectivity index (χ1v) is 26.4. The molecule has 1 N–H and O–H groups in total. The molecular formula is C60H62N12O6. The summed E-state index contributed by atoms with van der Waals surface area (Å²) >= 11 is 0. The molecule has 0 spiro atoms. The minimum atomic E-state index is -0.608. The van der Waals surface area contributed by atoms with Crippen molar-refractivity contribution in [2.45, 2.75) is 71.3 Å². The number of piperazine rings is 2. The monoisotopic (exact) mass is 1050 g/mol. The highest BCUT2D eigenvalue weighted by atomic mass is 16.6. The minimum absolute atomic E-state index is 0.00117. The summed E-state index contributed by atoms with van der Waals surface area (Å²) in [6.07, 6.45) is 1.58. The van der Waals surface area contributed by atoms with E-state index in [-0.39, 0.29) is 30.7 Å². The number of hydrogen-bond acceptors (Lipinski definition) is 17. The summed E-state index contributed by atoms with van der Waals surface area (Å²) in [5.74, 6) is 0.393. The van der Waals surface area contributed by atoms with Crippen molar-refractivity contribution in [2.24, 2.45) is 0 Å². The Bertz CT molecular complexity index is 3460. The summed E-state index contributed by atoms with van der Waals surface area (Å²) in [6, 6.07) is 39.0. The molecule has 2 aromatic heterocycles. The maximum Gasteiger partial charge on any atom is 0.410 e. The molecule has 11 rings (SSSR count). The molecule has 0 saturated carbocycles. The first-order valence-electron chi connectivity index (χ1n) is 26.4. The van der Waals surface area contributed by atoms with Crippen molar-refractivity contribution in [3.8, 4) is 12.1 Å². The van der Waals surface area contributed by atoms with E-state index in [1.807, 2.05) is 30.3 Å². The number of anilines is 4. The molecule has 1 amide bonds. The van der Waals surface area contributed by atoms with E-state index in [1.165, 1.54) is 52.6 Å². The third-order valence-electron chi connectivity index (χ3n) is 15.1. The summed E-state index contributed by atoms with van der Waals surface area (Å²) in [5, 5.41) is 27.0. The molecule has 2 fully saturated rings. The fourth-order valence-corrected chi connectivity index (χ4v) is 11.3. The Morgan fingerprint density at radius 1 is 0.603 bits per heavy atom. The summed E-state index contributed by atoms with van der Waals surface area (Å²) in [4.78, 5) is 67.4. The van der Waals surface area contributed by atoms with Crippen molar-refractivity contribution < 1.29 is 28.6 Å². The van der Waals surface area contributed by atoms with Crippen molar-refractivity contribution in [2.75, 3.05) is 86.2 Å². The zero-order valence-corrected chi connectivity index (χ0v) is 44.4. The van der Waals surface area contributed by atoms with Gasteiger partial charge in [-0.2, -0.15) is 10.5 Å². The van der Waals surface area contributed by atoms with Gasteiger partial charge in [0, 0.05) is 91.7 Å². The number of rotatable bonds is 10. The average Bonchev–Trinajstić information content (AvgIpc) is 3.64. The minimum Gasteiger partial charge on any atom is -0.463 e. The van der Waals surface area contributed by atoms with Gasteiger partial charge in [0.1, 0.15) is 18.2 Å². The number of esters is 2. The zero-order valence-electron chi connectivity index (χ0n) is 44.4. The van der Waals surface area contributed by atoms with Gasteiger partial charge in [0.15, 0.2) is 0 Å². The van der Waals surface area contributed by atoms with Gasteiger partial charge < -0.3 is 44.0 Å². The van der Waals surface area contributed by atoms with Crippen LogP contribution in [0.1, 0.15) is 73.3 Å². The smallest absolute Gasteiger partial charge is 0.410 e. The second kappa shape index (κ2) is 23.6. The fourth-order valence-electron chi connectivity index (χ4n) is 11.3. The van der Waals surface area contributed by atoms with Crippen LogP contribution < -0.4 is 24.9 Å². The van der Waals surface area contributed by atoms with Gasteiger partial charge in [-0.25, -0.2) is 34.3 Å². The Balaban J connectivity index is 0.000000182. The van der Waals surface area contributed by atoms with E-state index in [0.717, 1.165) is 72.2 Å². The molecule has 18 heteroatoms. The van der Waals surface area contributed by atoms with Crippen LogP contribution >= 0.6 is 0 Å². The van der Waals surface area contributed by atoms with Gasteiger partial charge in [0.2, 0.25) is 11.6 Å². The van der Waals surface area contributed by atoms with Crippen molar-refractivity contribution in [3.05, 3.63) is 154 Å². The van der Waals surface area contributed by atoms with Crippen molar-refractivity contribution >= 4 is 62.6 Å². The maximum absolute atomic E-state index is 13.1. The molecule has 0 aliphatic carbocycles. The van der Waals surface area contributed by atoms with Gasteiger partial charge in [-0.3, -0.25) is 0 Å². The van der Waals surface area contributed by atoms with E-state index >= 15 is 0 Å². The number of ether oxygens (including phenoxy) is 3. The van der Waals surface area contributed by atoms with Crippen LogP contribution in [-0.2, 0) is 46.7 Å². The first kappa shape index (κ1) is 52.6. The lowest BCUT2D eigenvalue weighted by atomic mass is 9.99. The predicted molar refractivity (Wildman–Crippen MR) is 297 cm³/mol. The number of amides is 1. The molecule has 2 atom stereocenters. The lowest BCUT2D eigenvalue weighted by molar-refractivity contribution is 0.0577. The Hall–Kier alpha value is -8.87. The van der Waals surface area contributed by atoms with Gasteiger partial charge in [0.05, 0.1) is 69.7 Å². The van der Waals surface area contributed by atoms with Crippen molar-refractivity contribution in [1.82, 2.24) is 30.2 Å². The number of methoxy groups -OCH3 is 2. The first-order chi connectivity index (χ1) is 38.0. The lowest BCUT2D eigenvalue weighted by Crippen LogP contribution is -2.56. The molecule has 4 aliphatic heterocycles. The van der Waals surface area contributed by atoms with E-state index < -0.39 is 24.1 Å². The molecule has 5 aromatic carbocycles. The molecular weight excluding hydrogens is 985 g/mol. The standard InChI is InChI=1S/C34H34N6O4.C26H28N6O2/c1-23-8-6-11-25-12-7-13-29(30(23)25)38-17-15-27-28(21-38)36-31(33(41)43-2)37-32(27)39-18-19-40(26(20-39)14-16-35)34(42)44-22-24-9-4-3-5-10-24;1-17-5-3-6-18-7-4-8-22(23(17)18)31-13-10-20-21(16-31)29-24(26(33)34-2)30-25(20)32-14-12-28-19(15-32)9-11-27/h3-13,26H,14-15,17-22H2,1-2H3;3-8,19,28H,9-10,12-16H2,1-2H3/t26-;19-/m00/s1. The van der Waals surface area contributed by atoms with Gasteiger partial charge in [-0.15, -0.1) is 0 Å². The predicted octanol–water partition coefficient (Wildman–Crippen LogP) is 8.01. The zero-order chi connectivity index (χ0) is 54.3. The summed E-state index contributed by atoms with van der Waals surface area (Å²) in [5.41, 5.74) is 9.33. The Labute approximate surface area is 453 Å². The van der Waals surface area contributed by atoms with Gasteiger partial charge in [-0.05, 0) is 66.3 Å². The van der Waals surface area contributed by atoms with E-state index in [1.54, 1.807) is 4.90 Å². The normalized spacial score (nSPS) is 17.0. The highest BCUT2D eigenvalue weighted by Gasteiger charge is 2.36. The van der Waals surface area contributed by atoms with Crippen molar-refractivity contribution in [1.29, 1.82) is 10.5 Å². The van der Waals surface area contributed by atoms with Crippen LogP contribution in [-0.4, -0.2) is 122 Å². The third-order valence-corrected chi connectivity index (χ3v) is 15.1. The molecule has 6 heterocycles. The molecule has 0 radical (unpaired) electrons. The van der Waals surface area contributed by atoms with Gasteiger partial charge >= 0.3 is 18.0 Å². The molecule has 18 nitrogen and oxygen atoms in total. The number of carbonyl (C=O) groups is 3. The van der Waals surface area contributed by atoms with Crippen LogP contribution in [0.25, 0.3) is 21.5 Å². The highest BCUT2D eigenvalue weighted by Crippen LogP contribution is 2.37. The molecule has 0 unspecified atom stereocenters. The summed E-state index contributed by atoms with van der Waals surface area (Å²) in [7, 11) is 2.67. The molecule has 4 aliphatic rings. The molecule has 398 valence electrons.